The van der Waals surface area contributed by atoms with Gasteiger partial charge in [-0.15, -0.1) is 0 Å². The number of ether oxygens (including phenoxy) is 1. The molecule has 35 heavy (non-hydrogen) atoms. The maximum absolute atomic E-state index is 14.0. The molecule has 6 nitrogen and oxygen atoms in total. The van der Waals surface area contributed by atoms with Gasteiger partial charge in [0.1, 0.15) is 5.82 Å². The fraction of sp³-hybridized carbons (Fsp3) is 0.407. The highest BCUT2D eigenvalue weighted by atomic mass is 32.1. The molecule has 8 heteroatoms. The molecule has 1 N–H and O–H groups in total. The number of aromatic nitrogens is 2. The molecule has 0 aliphatic carbocycles. The summed E-state index contributed by atoms with van der Waals surface area (Å²) in [5.41, 5.74) is 5.12. The molecule has 3 aromatic rings. The zero-order chi connectivity index (χ0) is 24.4. The summed E-state index contributed by atoms with van der Waals surface area (Å²) in [7, 11) is 0. The van der Waals surface area contributed by atoms with Crippen molar-refractivity contribution in [1.29, 1.82) is 0 Å². The van der Waals surface area contributed by atoms with Gasteiger partial charge in [0, 0.05) is 49.5 Å². The minimum Gasteiger partial charge on any atom is -0.379 e. The van der Waals surface area contributed by atoms with Gasteiger partial charge in [-0.05, 0) is 74.4 Å². The van der Waals surface area contributed by atoms with Gasteiger partial charge in [-0.2, -0.15) is 0 Å². The van der Waals surface area contributed by atoms with Crippen molar-refractivity contribution in [2.75, 3.05) is 39.4 Å². The first kappa shape index (κ1) is 23.9. The van der Waals surface area contributed by atoms with Crippen molar-refractivity contribution in [2.45, 2.75) is 32.4 Å². The lowest BCUT2D eigenvalue weighted by atomic mass is 9.96. The highest BCUT2D eigenvalue weighted by Gasteiger charge is 2.41. The standard InChI is InChI=1S/C27H32FN5OS/c1-19-17-23(20(2)33(19)22-8-5-7-21(28)18-22)26-25(24-9-3-4-10-29-24)30-27(35)32(26)12-6-11-31-13-15-34-16-14-31/h3-5,7-10,17-18,25-26H,6,11-16H2,1-2H3,(H,30,35)/t25-,26+/m0/s1. The average Bonchev–Trinajstić information content (AvgIpc) is 3.35. The molecule has 0 amide bonds. The molecular weight excluding hydrogens is 461 g/mol. The molecule has 2 aliphatic rings. The van der Waals surface area contributed by atoms with E-state index in [4.69, 9.17) is 17.0 Å². The van der Waals surface area contributed by atoms with E-state index in [1.54, 1.807) is 12.1 Å². The zero-order valence-electron chi connectivity index (χ0n) is 20.3. The third kappa shape index (κ3) is 4.96. The van der Waals surface area contributed by atoms with Crippen LogP contribution < -0.4 is 5.32 Å². The molecule has 2 atom stereocenters. The van der Waals surface area contributed by atoms with E-state index in [0.717, 1.165) is 73.7 Å². The summed E-state index contributed by atoms with van der Waals surface area (Å²) in [5, 5.41) is 4.31. The molecule has 0 radical (unpaired) electrons. The van der Waals surface area contributed by atoms with Gasteiger partial charge in [0.2, 0.25) is 0 Å². The van der Waals surface area contributed by atoms with Crippen molar-refractivity contribution in [3.8, 4) is 5.69 Å². The summed E-state index contributed by atoms with van der Waals surface area (Å²) in [6.07, 6.45) is 2.84. The first-order chi connectivity index (χ1) is 17.0. The van der Waals surface area contributed by atoms with Gasteiger partial charge in [0.05, 0.1) is 31.0 Å². The van der Waals surface area contributed by atoms with E-state index in [1.165, 1.54) is 11.6 Å². The molecule has 4 heterocycles. The van der Waals surface area contributed by atoms with E-state index in [1.807, 2.05) is 24.4 Å². The highest BCUT2D eigenvalue weighted by molar-refractivity contribution is 7.80. The van der Waals surface area contributed by atoms with Gasteiger partial charge >= 0.3 is 0 Å². The Hall–Kier alpha value is -2.81. The lowest BCUT2D eigenvalue weighted by Gasteiger charge is -2.30. The summed E-state index contributed by atoms with van der Waals surface area (Å²) in [6, 6.07) is 14.9. The van der Waals surface area contributed by atoms with Gasteiger partial charge in [0.25, 0.3) is 0 Å². The van der Waals surface area contributed by atoms with Crippen molar-refractivity contribution in [1.82, 2.24) is 24.7 Å². The molecule has 2 aliphatic heterocycles. The highest BCUT2D eigenvalue weighted by Crippen LogP contribution is 2.41. The van der Waals surface area contributed by atoms with Crippen molar-refractivity contribution in [3.05, 3.63) is 83.2 Å². The molecule has 2 saturated heterocycles. The Labute approximate surface area is 211 Å². The Morgan fingerprint density at radius 1 is 1.09 bits per heavy atom. The van der Waals surface area contributed by atoms with E-state index in [-0.39, 0.29) is 17.9 Å². The fourth-order valence-electron chi connectivity index (χ4n) is 5.37. The normalized spacial score (nSPS) is 20.9. The van der Waals surface area contributed by atoms with E-state index in [0.29, 0.717) is 0 Å². The lowest BCUT2D eigenvalue weighted by Crippen LogP contribution is -2.39. The largest absolute Gasteiger partial charge is 0.379 e. The first-order valence-corrected chi connectivity index (χ1v) is 12.7. The molecule has 2 aromatic heterocycles. The van der Waals surface area contributed by atoms with E-state index in [2.05, 4.69) is 50.6 Å². The van der Waals surface area contributed by atoms with Crippen molar-refractivity contribution >= 4 is 17.3 Å². The third-order valence-electron chi connectivity index (χ3n) is 7.03. The van der Waals surface area contributed by atoms with Crippen molar-refractivity contribution in [3.63, 3.8) is 0 Å². The van der Waals surface area contributed by atoms with Crippen LogP contribution in [0.2, 0.25) is 0 Å². The van der Waals surface area contributed by atoms with Gasteiger partial charge in [0.15, 0.2) is 5.11 Å². The predicted octanol–water partition coefficient (Wildman–Crippen LogP) is 4.32. The van der Waals surface area contributed by atoms with Crippen LogP contribution in [0.1, 0.15) is 41.1 Å². The van der Waals surface area contributed by atoms with Gasteiger partial charge < -0.3 is 19.5 Å². The molecule has 5 rings (SSSR count). The number of benzene rings is 1. The molecule has 184 valence electrons. The van der Waals surface area contributed by atoms with Gasteiger partial charge in [-0.3, -0.25) is 9.88 Å². The minimum absolute atomic E-state index is 0.00408. The molecule has 0 bridgehead atoms. The van der Waals surface area contributed by atoms with Crippen LogP contribution in [0.25, 0.3) is 5.69 Å². The van der Waals surface area contributed by atoms with Crippen molar-refractivity contribution in [2.24, 2.45) is 0 Å². The summed E-state index contributed by atoms with van der Waals surface area (Å²) >= 11 is 5.85. The van der Waals surface area contributed by atoms with Crippen LogP contribution in [0.3, 0.4) is 0 Å². The monoisotopic (exact) mass is 493 g/mol. The van der Waals surface area contributed by atoms with E-state index in [9.17, 15) is 4.39 Å². The number of halogens is 1. The first-order valence-electron chi connectivity index (χ1n) is 12.3. The lowest BCUT2D eigenvalue weighted by molar-refractivity contribution is 0.0365. The summed E-state index contributed by atoms with van der Waals surface area (Å²) in [5.74, 6) is -0.239. The predicted molar refractivity (Wildman–Crippen MR) is 139 cm³/mol. The fourth-order valence-corrected chi connectivity index (χ4v) is 5.71. The maximum atomic E-state index is 14.0. The van der Waals surface area contributed by atoms with Crippen LogP contribution in [-0.4, -0.2) is 63.9 Å². The number of morpholine rings is 1. The van der Waals surface area contributed by atoms with Crippen LogP contribution in [0.15, 0.2) is 54.7 Å². The maximum Gasteiger partial charge on any atom is 0.170 e. The Kier molecular flexibility index (Phi) is 7.13. The number of hydrogen-bond acceptors (Lipinski definition) is 4. The van der Waals surface area contributed by atoms with Crippen LogP contribution in [-0.2, 0) is 4.74 Å². The molecule has 1 aromatic carbocycles. The second-order valence-corrected chi connectivity index (χ2v) is 9.66. The van der Waals surface area contributed by atoms with E-state index >= 15 is 0 Å². The minimum atomic E-state index is -0.239. The molecule has 0 saturated carbocycles. The topological polar surface area (TPSA) is 45.6 Å². The van der Waals surface area contributed by atoms with Crippen LogP contribution in [0.4, 0.5) is 4.39 Å². The summed E-state index contributed by atoms with van der Waals surface area (Å²) < 4.78 is 21.7. The number of nitrogens with zero attached hydrogens (tertiary/aromatic N) is 4. The second kappa shape index (κ2) is 10.4. The Bertz CT molecular complexity index is 1180. The van der Waals surface area contributed by atoms with Crippen LogP contribution in [0.5, 0.6) is 0 Å². The molecule has 0 unspecified atom stereocenters. The zero-order valence-corrected chi connectivity index (χ0v) is 21.1. The quantitative estimate of drug-likeness (QED) is 0.495. The number of hydrogen-bond donors (Lipinski definition) is 1. The molecule has 0 spiro atoms. The molecular formula is C27H32FN5OS. The Morgan fingerprint density at radius 2 is 1.91 bits per heavy atom. The summed E-state index contributed by atoms with van der Waals surface area (Å²) in [6.45, 7) is 9.62. The summed E-state index contributed by atoms with van der Waals surface area (Å²) in [4.78, 5) is 9.43. The number of nitrogens with one attached hydrogen (secondary N) is 1. The van der Waals surface area contributed by atoms with Gasteiger partial charge in [-0.1, -0.05) is 12.1 Å². The van der Waals surface area contributed by atoms with E-state index < -0.39 is 0 Å². The van der Waals surface area contributed by atoms with Crippen molar-refractivity contribution < 1.29 is 9.13 Å². The van der Waals surface area contributed by atoms with Gasteiger partial charge in [-0.25, -0.2) is 4.39 Å². The number of aryl methyl sites for hydroxylation is 1. The Balaban J connectivity index is 1.47. The second-order valence-electron chi connectivity index (χ2n) is 9.27. The van der Waals surface area contributed by atoms with Crippen LogP contribution in [0, 0.1) is 19.7 Å². The SMILES string of the molecule is Cc1cc([C@@H]2[C@H](c3ccccn3)NC(=S)N2CCCN2CCOCC2)c(C)n1-c1cccc(F)c1. The third-order valence-corrected chi connectivity index (χ3v) is 7.38. The number of thiocarbonyl (C=S) groups is 1. The number of rotatable bonds is 7. The average molecular weight is 494 g/mol. The van der Waals surface area contributed by atoms with Crippen LogP contribution >= 0.6 is 12.2 Å². The number of pyridine rings is 1. The molecule has 2 fully saturated rings. The smallest absolute Gasteiger partial charge is 0.170 e. The Morgan fingerprint density at radius 3 is 2.66 bits per heavy atom.